The Labute approximate surface area is 175 Å². The first-order valence-corrected chi connectivity index (χ1v) is 10.1. The van der Waals surface area contributed by atoms with Gasteiger partial charge in [-0.25, -0.2) is 4.39 Å². The number of nitrogens with one attached hydrogen (secondary N) is 1. The lowest BCUT2D eigenvalue weighted by Crippen LogP contribution is -2.61. The standard InChI is InChI=1S/C23H23FN4O2/c1-20(2,3)14-8-9-23-17(10-14)22(13-27,19(28)30-23)21(11-25,12-26)18(29-23)15-6-4-5-7-16(15)24/h4-7,14,17-18,28H,8-10H2,1-3H3. The Bertz CT molecular complexity index is 1030. The molecule has 0 spiro atoms. The number of benzene rings is 1. The van der Waals surface area contributed by atoms with Crippen molar-refractivity contribution in [3.8, 4) is 18.2 Å². The summed E-state index contributed by atoms with van der Waals surface area (Å²) < 4.78 is 26.9. The fourth-order valence-corrected chi connectivity index (χ4v) is 5.59. The number of hydrogen-bond donors (Lipinski definition) is 1. The molecule has 1 aromatic rings. The Morgan fingerprint density at radius 2 is 1.80 bits per heavy atom. The Hall–Kier alpha value is -2.95. The summed E-state index contributed by atoms with van der Waals surface area (Å²) in [5.74, 6) is -2.84. The lowest BCUT2D eigenvalue weighted by molar-refractivity contribution is -0.302. The van der Waals surface area contributed by atoms with Crippen LogP contribution in [0.4, 0.5) is 4.39 Å². The molecule has 2 aliphatic heterocycles. The molecule has 2 heterocycles. The average molecular weight is 406 g/mol. The Balaban J connectivity index is 1.97. The minimum atomic E-state index is -2.12. The van der Waals surface area contributed by atoms with Gasteiger partial charge in [-0.2, -0.15) is 15.8 Å². The summed E-state index contributed by atoms with van der Waals surface area (Å²) in [6.07, 6.45) is 0.279. The van der Waals surface area contributed by atoms with Crippen LogP contribution >= 0.6 is 0 Å². The third-order valence-corrected chi connectivity index (χ3v) is 7.32. The molecule has 2 saturated heterocycles. The summed E-state index contributed by atoms with van der Waals surface area (Å²) in [5, 5.41) is 39.4. The third-order valence-electron chi connectivity index (χ3n) is 7.32. The quantitative estimate of drug-likeness (QED) is 0.732. The van der Waals surface area contributed by atoms with E-state index in [0.717, 1.165) is 6.42 Å². The molecule has 0 aromatic heterocycles. The van der Waals surface area contributed by atoms with E-state index in [0.29, 0.717) is 12.8 Å². The molecule has 7 heteroatoms. The third kappa shape index (κ3) is 2.26. The zero-order valence-corrected chi connectivity index (χ0v) is 17.2. The van der Waals surface area contributed by atoms with Gasteiger partial charge in [0.25, 0.3) is 0 Å². The van der Waals surface area contributed by atoms with Crippen molar-refractivity contribution in [2.24, 2.45) is 28.1 Å². The fourth-order valence-electron chi connectivity index (χ4n) is 5.59. The van der Waals surface area contributed by atoms with Gasteiger partial charge < -0.3 is 9.47 Å². The van der Waals surface area contributed by atoms with E-state index in [4.69, 9.17) is 14.9 Å². The summed E-state index contributed by atoms with van der Waals surface area (Å²) in [7, 11) is 0. The van der Waals surface area contributed by atoms with Crippen LogP contribution in [0.25, 0.3) is 0 Å². The Morgan fingerprint density at radius 3 is 2.37 bits per heavy atom. The minimum Gasteiger partial charge on any atom is -0.447 e. The van der Waals surface area contributed by atoms with E-state index in [-0.39, 0.29) is 16.9 Å². The van der Waals surface area contributed by atoms with Gasteiger partial charge in [0.2, 0.25) is 17.1 Å². The maximum atomic E-state index is 14.8. The van der Waals surface area contributed by atoms with Gasteiger partial charge in [0.1, 0.15) is 11.9 Å². The number of hydrogen-bond acceptors (Lipinski definition) is 6. The van der Waals surface area contributed by atoms with E-state index in [9.17, 15) is 20.2 Å². The van der Waals surface area contributed by atoms with E-state index in [1.54, 1.807) is 6.07 Å². The van der Waals surface area contributed by atoms with Crippen LogP contribution in [0.1, 0.15) is 51.7 Å². The van der Waals surface area contributed by atoms with Crippen LogP contribution in [-0.4, -0.2) is 11.7 Å². The number of nitrogens with zero attached hydrogens (tertiary/aromatic N) is 3. The molecule has 5 atom stereocenters. The van der Waals surface area contributed by atoms with Crippen LogP contribution in [0.3, 0.4) is 0 Å². The van der Waals surface area contributed by atoms with Crippen LogP contribution in [0.15, 0.2) is 24.3 Å². The van der Waals surface area contributed by atoms with Crippen molar-refractivity contribution in [1.29, 1.82) is 21.2 Å². The maximum Gasteiger partial charge on any atom is 0.217 e. The molecule has 3 fully saturated rings. The molecule has 6 nitrogen and oxygen atoms in total. The molecule has 1 N–H and O–H groups in total. The highest BCUT2D eigenvalue weighted by atomic mass is 19.1. The number of rotatable bonds is 1. The zero-order valence-electron chi connectivity index (χ0n) is 17.2. The van der Waals surface area contributed by atoms with E-state index < -0.39 is 40.4 Å². The van der Waals surface area contributed by atoms with Gasteiger partial charge in [0.05, 0.1) is 24.1 Å². The minimum absolute atomic E-state index is 0.0225. The first kappa shape index (κ1) is 20.3. The molecular formula is C23H23FN4O2. The normalized spacial score (nSPS) is 36.6. The molecule has 4 rings (SSSR count). The van der Waals surface area contributed by atoms with Crippen molar-refractivity contribution in [1.82, 2.24) is 0 Å². The molecule has 1 aliphatic carbocycles. The molecule has 30 heavy (non-hydrogen) atoms. The van der Waals surface area contributed by atoms with Crippen LogP contribution in [0.2, 0.25) is 0 Å². The molecule has 5 unspecified atom stereocenters. The predicted octanol–water partition coefficient (Wildman–Crippen LogP) is 4.61. The summed E-state index contributed by atoms with van der Waals surface area (Å²) in [4.78, 5) is 0. The first-order chi connectivity index (χ1) is 14.1. The predicted molar refractivity (Wildman–Crippen MR) is 104 cm³/mol. The number of ether oxygens (including phenoxy) is 2. The SMILES string of the molecule is CC(C)(C)C1CCC23OC(=N)C(C#N)(C2C1)C(C#N)(C#N)C(c1ccccc1F)O3. The first-order valence-electron chi connectivity index (χ1n) is 10.1. The van der Waals surface area contributed by atoms with E-state index in [2.05, 4.69) is 26.8 Å². The van der Waals surface area contributed by atoms with Crippen LogP contribution in [-0.2, 0) is 9.47 Å². The summed E-state index contributed by atoms with van der Waals surface area (Å²) in [6, 6.07) is 11.9. The Kier molecular flexibility index (Phi) is 4.25. The number of nitriles is 3. The van der Waals surface area contributed by atoms with E-state index in [1.165, 1.54) is 18.2 Å². The summed E-state index contributed by atoms with van der Waals surface area (Å²) in [5.41, 5.74) is -4.00. The maximum absolute atomic E-state index is 14.8. The topological polar surface area (TPSA) is 114 Å². The number of halogens is 1. The molecule has 2 bridgehead atoms. The lowest BCUT2D eigenvalue weighted by atomic mass is 9.49. The second-order valence-corrected chi connectivity index (χ2v) is 9.60. The monoisotopic (exact) mass is 406 g/mol. The van der Waals surface area contributed by atoms with Crippen molar-refractivity contribution in [2.75, 3.05) is 0 Å². The highest BCUT2D eigenvalue weighted by molar-refractivity contribution is 5.89. The molecule has 0 radical (unpaired) electrons. The van der Waals surface area contributed by atoms with Crippen molar-refractivity contribution in [2.45, 2.75) is 51.9 Å². The molecule has 154 valence electrons. The van der Waals surface area contributed by atoms with Gasteiger partial charge in [-0.05, 0) is 30.2 Å². The van der Waals surface area contributed by atoms with Crippen molar-refractivity contribution < 1.29 is 13.9 Å². The highest BCUT2D eigenvalue weighted by Gasteiger charge is 2.81. The second-order valence-electron chi connectivity index (χ2n) is 9.60. The molecule has 1 aromatic carbocycles. The van der Waals surface area contributed by atoms with E-state index in [1.807, 2.05) is 12.1 Å². The van der Waals surface area contributed by atoms with Gasteiger partial charge >= 0.3 is 0 Å². The van der Waals surface area contributed by atoms with Crippen LogP contribution in [0.5, 0.6) is 0 Å². The van der Waals surface area contributed by atoms with Crippen molar-refractivity contribution in [3.05, 3.63) is 35.6 Å². The van der Waals surface area contributed by atoms with Gasteiger partial charge in [-0.1, -0.05) is 39.0 Å². The van der Waals surface area contributed by atoms with Crippen LogP contribution < -0.4 is 0 Å². The van der Waals surface area contributed by atoms with Crippen LogP contribution in [0, 0.1) is 73.3 Å². The highest BCUT2D eigenvalue weighted by Crippen LogP contribution is 2.70. The fraction of sp³-hybridized carbons (Fsp3) is 0.565. The largest absolute Gasteiger partial charge is 0.447 e. The van der Waals surface area contributed by atoms with E-state index >= 15 is 0 Å². The van der Waals surface area contributed by atoms with Gasteiger partial charge in [0, 0.05) is 12.0 Å². The summed E-state index contributed by atoms with van der Waals surface area (Å²) >= 11 is 0. The Morgan fingerprint density at radius 1 is 1.13 bits per heavy atom. The average Bonchev–Trinajstić information content (AvgIpc) is 2.91. The molecule has 1 saturated carbocycles. The summed E-state index contributed by atoms with van der Waals surface area (Å²) in [6.45, 7) is 6.32. The lowest BCUT2D eigenvalue weighted by Gasteiger charge is -2.54. The van der Waals surface area contributed by atoms with Gasteiger partial charge in [-0.15, -0.1) is 0 Å². The second kappa shape index (κ2) is 6.27. The zero-order chi connectivity index (χ0) is 21.9. The van der Waals surface area contributed by atoms with Gasteiger partial charge in [0.15, 0.2) is 5.41 Å². The molecule has 0 amide bonds. The molecular weight excluding hydrogens is 383 g/mol. The smallest absolute Gasteiger partial charge is 0.217 e. The van der Waals surface area contributed by atoms with Gasteiger partial charge in [-0.3, -0.25) is 5.41 Å². The van der Waals surface area contributed by atoms with Crippen molar-refractivity contribution in [3.63, 3.8) is 0 Å². The van der Waals surface area contributed by atoms with Crippen molar-refractivity contribution >= 4 is 5.90 Å². The molecule has 3 aliphatic rings.